The van der Waals surface area contributed by atoms with Crippen LogP contribution in [-0.4, -0.2) is 41.0 Å². The number of nitriles is 1. The van der Waals surface area contributed by atoms with Gasteiger partial charge in [-0.1, -0.05) is 24.3 Å². The van der Waals surface area contributed by atoms with Gasteiger partial charge >= 0.3 is 0 Å². The number of benzene rings is 2. The van der Waals surface area contributed by atoms with Gasteiger partial charge in [-0.2, -0.15) is 20.1 Å². The highest BCUT2D eigenvalue weighted by molar-refractivity contribution is 6.11. The topological polar surface area (TPSA) is 170 Å². The zero-order valence-corrected chi connectivity index (χ0v) is 18.2. The number of phenols is 1. The van der Waals surface area contributed by atoms with E-state index in [1.807, 2.05) is 6.07 Å². The number of fused-ring (bicyclic) bond motifs is 1. The molecule has 2 aromatic carbocycles. The maximum Gasteiger partial charge on any atom is 0.260 e. The van der Waals surface area contributed by atoms with Gasteiger partial charge in [0.2, 0.25) is 0 Å². The Morgan fingerprint density at radius 1 is 1.17 bits per heavy atom. The monoisotopic (exact) mass is 464 g/mol. The Labute approximate surface area is 197 Å². The van der Waals surface area contributed by atoms with Crippen molar-refractivity contribution in [3.05, 3.63) is 77.9 Å². The first-order valence-electron chi connectivity index (χ1n) is 10.3. The molecule has 3 N–H and O–H groups in total. The Kier molecular flexibility index (Phi) is 5.40. The summed E-state index contributed by atoms with van der Waals surface area (Å²) < 4.78 is 1.26. The minimum absolute atomic E-state index is 0.0151. The van der Waals surface area contributed by atoms with Crippen molar-refractivity contribution >= 4 is 34.0 Å². The van der Waals surface area contributed by atoms with Gasteiger partial charge in [0, 0.05) is 29.5 Å². The number of aromatic amines is 1. The van der Waals surface area contributed by atoms with Crippen LogP contribution in [-0.2, 0) is 0 Å². The SMILES string of the molecule is Cc1cc(NC(=O)c2cc3ccccc3c(N=Nc3c(C#N)cnn3-c3ncccn3)c2O)n[nH]1. The summed E-state index contributed by atoms with van der Waals surface area (Å²) in [6.45, 7) is 1.80. The number of nitrogens with one attached hydrogen (secondary N) is 2. The van der Waals surface area contributed by atoms with E-state index >= 15 is 0 Å². The van der Waals surface area contributed by atoms with Crippen molar-refractivity contribution in [1.29, 1.82) is 5.26 Å². The highest BCUT2D eigenvalue weighted by Crippen LogP contribution is 2.40. The Morgan fingerprint density at radius 3 is 2.71 bits per heavy atom. The van der Waals surface area contributed by atoms with Crippen molar-refractivity contribution in [2.24, 2.45) is 10.2 Å². The van der Waals surface area contributed by atoms with Crippen LogP contribution in [0.25, 0.3) is 16.7 Å². The normalized spacial score (nSPS) is 11.1. The number of nitrogens with zero attached hydrogens (tertiary/aromatic N) is 8. The van der Waals surface area contributed by atoms with Gasteiger partial charge in [-0.25, -0.2) is 9.97 Å². The lowest BCUT2D eigenvalue weighted by molar-refractivity contribution is 0.102. The average Bonchev–Trinajstić information content (AvgIpc) is 3.48. The molecule has 0 saturated heterocycles. The van der Waals surface area contributed by atoms with Gasteiger partial charge in [-0.3, -0.25) is 9.89 Å². The molecule has 5 rings (SSSR count). The quantitative estimate of drug-likeness (QED) is 0.329. The summed E-state index contributed by atoms with van der Waals surface area (Å²) in [4.78, 5) is 21.2. The second kappa shape index (κ2) is 8.83. The Balaban J connectivity index is 1.61. The lowest BCUT2D eigenvalue weighted by Gasteiger charge is -2.10. The zero-order chi connectivity index (χ0) is 24.4. The summed E-state index contributed by atoms with van der Waals surface area (Å²) in [5, 5.41) is 43.7. The first-order valence-corrected chi connectivity index (χ1v) is 10.3. The Bertz CT molecular complexity index is 1630. The number of hydrogen-bond acceptors (Lipinski definition) is 9. The van der Waals surface area contributed by atoms with E-state index in [0.717, 1.165) is 5.69 Å². The van der Waals surface area contributed by atoms with Gasteiger partial charge in [0.1, 0.15) is 17.3 Å². The molecule has 0 radical (unpaired) electrons. The maximum atomic E-state index is 12.9. The van der Waals surface area contributed by atoms with Crippen LogP contribution < -0.4 is 5.32 Å². The van der Waals surface area contributed by atoms with Crippen molar-refractivity contribution in [2.75, 3.05) is 5.32 Å². The van der Waals surface area contributed by atoms with Crippen LogP contribution in [0.4, 0.5) is 17.3 Å². The molecular formula is C23H16N10O2. The number of azo groups is 1. The van der Waals surface area contributed by atoms with Gasteiger partial charge in [0.25, 0.3) is 11.9 Å². The number of carbonyl (C=O) groups is 1. The molecule has 12 heteroatoms. The number of hydrogen-bond donors (Lipinski definition) is 3. The number of anilines is 1. The third-order valence-electron chi connectivity index (χ3n) is 5.04. The van der Waals surface area contributed by atoms with E-state index in [4.69, 9.17) is 0 Å². The van der Waals surface area contributed by atoms with Gasteiger partial charge in [-0.15, -0.1) is 10.2 Å². The first-order chi connectivity index (χ1) is 17.0. The highest BCUT2D eigenvalue weighted by Gasteiger charge is 2.20. The van der Waals surface area contributed by atoms with Gasteiger partial charge in [-0.05, 0) is 24.4 Å². The van der Waals surface area contributed by atoms with Gasteiger partial charge in [0.15, 0.2) is 17.4 Å². The molecule has 0 aliphatic heterocycles. The van der Waals surface area contributed by atoms with E-state index in [2.05, 4.69) is 40.8 Å². The number of aromatic nitrogens is 6. The van der Waals surface area contributed by atoms with Crippen LogP contribution in [0.5, 0.6) is 5.75 Å². The molecule has 0 spiro atoms. The fraction of sp³-hybridized carbons (Fsp3) is 0.0435. The molecule has 0 aliphatic rings. The van der Waals surface area contributed by atoms with Crippen LogP contribution in [0.2, 0.25) is 0 Å². The van der Waals surface area contributed by atoms with Crippen molar-refractivity contribution < 1.29 is 9.90 Å². The molecule has 0 unspecified atom stereocenters. The van der Waals surface area contributed by atoms with Crippen molar-refractivity contribution in [2.45, 2.75) is 6.92 Å². The molecule has 0 bridgehead atoms. The van der Waals surface area contributed by atoms with E-state index < -0.39 is 5.91 Å². The summed E-state index contributed by atoms with van der Waals surface area (Å²) in [5.74, 6) is -0.369. The van der Waals surface area contributed by atoms with Crippen molar-refractivity contribution in [1.82, 2.24) is 29.9 Å². The molecule has 0 aliphatic carbocycles. The third kappa shape index (κ3) is 4.05. The summed E-state index contributed by atoms with van der Waals surface area (Å²) in [6, 6.07) is 14.0. The number of rotatable bonds is 5. The number of phenolic OH excluding ortho intramolecular Hbond substituents is 1. The molecule has 35 heavy (non-hydrogen) atoms. The highest BCUT2D eigenvalue weighted by atomic mass is 16.3. The summed E-state index contributed by atoms with van der Waals surface area (Å²) in [7, 11) is 0. The fourth-order valence-corrected chi connectivity index (χ4v) is 3.42. The van der Waals surface area contributed by atoms with E-state index in [0.29, 0.717) is 16.6 Å². The maximum absolute atomic E-state index is 12.9. The van der Waals surface area contributed by atoms with E-state index in [-0.39, 0.29) is 34.3 Å². The molecule has 170 valence electrons. The predicted molar refractivity (Wildman–Crippen MR) is 125 cm³/mol. The van der Waals surface area contributed by atoms with Crippen molar-refractivity contribution in [3.8, 4) is 17.8 Å². The fourth-order valence-electron chi connectivity index (χ4n) is 3.42. The van der Waals surface area contributed by atoms with Crippen LogP contribution in [0.15, 0.2) is 71.3 Å². The summed E-state index contributed by atoms with van der Waals surface area (Å²) >= 11 is 0. The molecule has 12 nitrogen and oxygen atoms in total. The number of carbonyl (C=O) groups excluding carboxylic acids is 1. The second-order valence-electron chi connectivity index (χ2n) is 7.39. The zero-order valence-electron chi connectivity index (χ0n) is 18.2. The van der Waals surface area contributed by atoms with Crippen LogP contribution >= 0.6 is 0 Å². The molecule has 0 saturated carbocycles. The number of aryl methyl sites for hydroxylation is 1. The summed E-state index contributed by atoms with van der Waals surface area (Å²) in [6.07, 6.45) is 4.37. The Morgan fingerprint density at radius 2 is 1.97 bits per heavy atom. The van der Waals surface area contributed by atoms with Crippen molar-refractivity contribution in [3.63, 3.8) is 0 Å². The molecule has 1 amide bonds. The molecule has 5 aromatic rings. The smallest absolute Gasteiger partial charge is 0.260 e. The molecule has 3 aromatic heterocycles. The third-order valence-corrected chi connectivity index (χ3v) is 5.04. The van der Waals surface area contributed by atoms with Gasteiger partial charge in [0.05, 0.1) is 11.8 Å². The minimum Gasteiger partial charge on any atom is -0.505 e. The molecule has 0 atom stereocenters. The lowest BCUT2D eigenvalue weighted by Crippen LogP contribution is -2.12. The largest absolute Gasteiger partial charge is 0.505 e. The molecular weight excluding hydrogens is 448 g/mol. The number of H-pyrrole nitrogens is 1. The first kappa shape index (κ1) is 21.4. The lowest BCUT2D eigenvalue weighted by atomic mass is 10.0. The summed E-state index contributed by atoms with van der Waals surface area (Å²) in [5.41, 5.74) is 0.938. The van der Waals surface area contributed by atoms with Crippen LogP contribution in [0.3, 0.4) is 0 Å². The van der Waals surface area contributed by atoms with E-state index in [9.17, 15) is 15.2 Å². The van der Waals surface area contributed by atoms with Crippen LogP contribution in [0.1, 0.15) is 21.6 Å². The van der Waals surface area contributed by atoms with E-state index in [1.165, 1.54) is 23.3 Å². The Hall–Kier alpha value is -5.44. The minimum atomic E-state index is -0.573. The predicted octanol–water partition coefficient (Wildman–Crippen LogP) is 4.09. The standard InChI is InChI=1S/C23H16N10O2/c1-13-9-18(30-29-13)28-22(35)17-10-14-5-2-3-6-16(14)19(20(17)34)31-32-21-15(11-24)12-27-33(21)23-25-7-4-8-26-23/h2-10,12,34H,1H3,(H2,28,29,30,35). The molecule has 0 fully saturated rings. The van der Waals surface area contributed by atoms with Gasteiger partial charge < -0.3 is 10.4 Å². The second-order valence-corrected chi connectivity index (χ2v) is 7.39. The number of aromatic hydroxyl groups is 1. The average molecular weight is 464 g/mol. The molecule has 3 heterocycles. The van der Waals surface area contributed by atoms with E-state index in [1.54, 1.807) is 49.4 Å². The van der Waals surface area contributed by atoms with Crippen LogP contribution in [0, 0.1) is 18.3 Å². The number of amides is 1.